The topological polar surface area (TPSA) is 80.4 Å². The molecule has 0 radical (unpaired) electrons. The molecule has 22 heavy (non-hydrogen) atoms. The minimum absolute atomic E-state index is 0.0204. The Morgan fingerprint density at radius 1 is 1.09 bits per heavy atom. The first-order chi connectivity index (χ1) is 10.5. The highest BCUT2D eigenvalue weighted by Crippen LogP contribution is 2.33. The molecule has 0 aromatic heterocycles. The fourth-order valence-electron chi connectivity index (χ4n) is 3.01. The Labute approximate surface area is 128 Å². The summed E-state index contributed by atoms with van der Waals surface area (Å²) < 4.78 is 0. The second-order valence-corrected chi connectivity index (χ2v) is 5.57. The maximum absolute atomic E-state index is 12.7. The highest BCUT2D eigenvalue weighted by molar-refractivity contribution is 6.30. The molecule has 0 amide bonds. The van der Waals surface area contributed by atoms with Crippen molar-refractivity contribution in [3.8, 4) is 0 Å². The molecule has 1 atom stereocenters. The van der Waals surface area contributed by atoms with Crippen LogP contribution in [0, 0.1) is 6.92 Å². The van der Waals surface area contributed by atoms with Crippen LogP contribution in [0.25, 0.3) is 10.8 Å². The van der Waals surface area contributed by atoms with Gasteiger partial charge in [0, 0.05) is 11.1 Å². The van der Waals surface area contributed by atoms with Crippen LogP contribution in [-0.2, 0) is 0 Å². The van der Waals surface area contributed by atoms with Crippen molar-refractivity contribution in [3.63, 3.8) is 0 Å². The van der Waals surface area contributed by atoms with E-state index in [-0.39, 0.29) is 22.8 Å². The molecule has 2 aromatic rings. The van der Waals surface area contributed by atoms with E-state index in [1.165, 1.54) is 0 Å². The smallest absolute Gasteiger partial charge is 0.210 e. The number of allylic oxidation sites excluding steroid dienone is 1. The zero-order valence-electron chi connectivity index (χ0n) is 12.5. The van der Waals surface area contributed by atoms with Gasteiger partial charge in [0.1, 0.15) is 0 Å². The molecule has 1 aliphatic rings. The van der Waals surface area contributed by atoms with Gasteiger partial charge in [-0.25, -0.2) is 0 Å². The number of Topliss-reactive ketones (excluding diaryl/α,β-unsaturated/α-hetero) is 2. The summed E-state index contributed by atoms with van der Waals surface area (Å²) in [5, 5.41) is 11.7. The van der Waals surface area contributed by atoms with Gasteiger partial charge in [0.05, 0.1) is 17.4 Å². The zero-order valence-corrected chi connectivity index (χ0v) is 12.5. The third-order valence-electron chi connectivity index (χ3n) is 4.25. The molecule has 1 aliphatic carbocycles. The Hall–Kier alpha value is -2.46. The number of aryl methyl sites for hydroxylation is 1. The molecule has 112 valence electrons. The molecule has 0 saturated heterocycles. The summed E-state index contributed by atoms with van der Waals surface area (Å²) in [6, 6.07) is 9.12. The summed E-state index contributed by atoms with van der Waals surface area (Å²) >= 11 is 0. The summed E-state index contributed by atoms with van der Waals surface area (Å²) in [5.74, 6) is -0.738. The lowest BCUT2D eigenvalue weighted by Gasteiger charge is -2.23. The molecule has 0 aliphatic heterocycles. The second-order valence-electron chi connectivity index (χ2n) is 5.57. The molecule has 0 bridgehead atoms. The molecule has 0 saturated carbocycles. The minimum Gasteiger partial charge on any atom is -0.395 e. The molecular weight excluding hydrogens is 278 g/mol. The van der Waals surface area contributed by atoms with Gasteiger partial charge in [-0.3, -0.25) is 9.59 Å². The van der Waals surface area contributed by atoms with Crippen LogP contribution in [0.2, 0.25) is 0 Å². The van der Waals surface area contributed by atoms with Crippen molar-refractivity contribution in [2.24, 2.45) is 5.73 Å². The number of nitrogens with two attached hydrogens (primary N) is 1. The van der Waals surface area contributed by atoms with Gasteiger partial charge in [-0.2, -0.15) is 0 Å². The lowest BCUT2D eigenvalue weighted by Crippen LogP contribution is -2.32. The second kappa shape index (κ2) is 5.07. The normalized spacial score (nSPS) is 16.1. The Bertz CT molecular complexity index is 849. The van der Waals surface area contributed by atoms with E-state index in [0.717, 1.165) is 16.3 Å². The quantitative estimate of drug-likeness (QED) is 0.892. The Balaban J connectivity index is 2.34. The highest BCUT2D eigenvalue weighted by atomic mass is 16.3. The number of rotatable bonds is 2. The fraction of sp³-hybridized carbons (Fsp3) is 0.222. The fourth-order valence-corrected chi connectivity index (χ4v) is 3.01. The van der Waals surface area contributed by atoms with Crippen LogP contribution in [0.15, 0.2) is 41.6 Å². The monoisotopic (exact) mass is 295 g/mol. The zero-order chi connectivity index (χ0) is 16.0. The van der Waals surface area contributed by atoms with Crippen LogP contribution in [-0.4, -0.2) is 22.8 Å². The van der Waals surface area contributed by atoms with Gasteiger partial charge in [0.15, 0.2) is 5.78 Å². The summed E-state index contributed by atoms with van der Waals surface area (Å²) in [6.45, 7) is 3.69. The summed E-state index contributed by atoms with van der Waals surface area (Å²) in [5.41, 5.74) is 7.46. The van der Waals surface area contributed by atoms with Crippen LogP contribution < -0.4 is 5.73 Å². The van der Waals surface area contributed by atoms with Crippen LogP contribution in [0.1, 0.15) is 39.6 Å². The maximum Gasteiger partial charge on any atom is 0.210 e. The van der Waals surface area contributed by atoms with Gasteiger partial charge >= 0.3 is 0 Å². The van der Waals surface area contributed by atoms with Crippen molar-refractivity contribution in [1.82, 2.24) is 0 Å². The number of benzene rings is 2. The largest absolute Gasteiger partial charge is 0.395 e. The van der Waals surface area contributed by atoms with Gasteiger partial charge in [-0.1, -0.05) is 31.2 Å². The van der Waals surface area contributed by atoms with Crippen LogP contribution in [0.3, 0.4) is 0 Å². The average Bonchev–Trinajstić information content (AvgIpc) is 2.52. The van der Waals surface area contributed by atoms with Gasteiger partial charge in [0.25, 0.3) is 0 Å². The molecule has 4 nitrogen and oxygen atoms in total. The molecule has 0 spiro atoms. The molecule has 0 fully saturated rings. The van der Waals surface area contributed by atoms with Crippen molar-refractivity contribution in [3.05, 3.63) is 58.3 Å². The number of carbonyl (C=O) groups excluding carboxylic acids is 2. The molecule has 0 heterocycles. The van der Waals surface area contributed by atoms with Crippen LogP contribution in [0.5, 0.6) is 0 Å². The number of ketones is 2. The Morgan fingerprint density at radius 2 is 1.82 bits per heavy atom. The first-order valence-corrected chi connectivity index (χ1v) is 7.26. The molecule has 3 rings (SSSR count). The summed E-state index contributed by atoms with van der Waals surface area (Å²) in [7, 11) is 0. The lowest BCUT2D eigenvalue weighted by atomic mass is 9.81. The third-order valence-corrected chi connectivity index (χ3v) is 4.25. The Kier molecular flexibility index (Phi) is 3.34. The first-order valence-electron chi connectivity index (χ1n) is 7.26. The number of aliphatic hydroxyl groups excluding tert-OH is 1. The minimum atomic E-state index is -1.02. The van der Waals surface area contributed by atoms with E-state index >= 15 is 0 Å². The van der Waals surface area contributed by atoms with Crippen molar-refractivity contribution < 1.29 is 14.7 Å². The number of fused-ring (bicyclic) bond motifs is 3. The number of carbonyl (C=O) groups is 2. The standard InChI is InChI=1S/C18H17NO3/c1-3-13(20)15-16(19)18(22)14-11-6-4-5-9(2)10(11)7-8-12(14)17(15)21/h4-8,13,20H,3,19H2,1-2H3. The molecule has 3 N–H and O–H groups in total. The van der Waals surface area contributed by atoms with Gasteiger partial charge in [-0.15, -0.1) is 0 Å². The van der Waals surface area contributed by atoms with Crippen molar-refractivity contribution in [1.29, 1.82) is 0 Å². The molecule has 1 unspecified atom stereocenters. The van der Waals surface area contributed by atoms with E-state index in [2.05, 4.69) is 0 Å². The van der Waals surface area contributed by atoms with Crippen molar-refractivity contribution in [2.45, 2.75) is 26.4 Å². The first kappa shape index (κ1) is 14.5. The summed E-state index contributed by atoms with van der Waals surface area (Å²) in [6.07, 6.45) is -0.685. The van der Waals surface area contributed by atoms with Gasteiger partial charge in [-0.05, 0) is 35.7 Å². The van der Waals surface area contributed by atoms with Crippen molar-refractivity contribution >= 4 is 22.3 Å². The average molecular weight is 295 g/mol. The SMILES string of the molecule is CCC(O)C1=C(N)C(=O)c2c(ccc3c(C)cccc23)C1=O. The van der Waals surface area contributed by atoms with E-state index in [1.807, 2.05) is 31.2 Å². The van der Waals surface area contributed by atoms with E-state index < -0.39 is 6.10 Å². The van der Waals surface area contributed by atoms with E-state index in [0.29, 0.717) is 17.5 Å². The van der Waals surface area contributed by atoms with E-state index in [4.69, 9.17) is 5.73 Å². The van der Waals surface area contributed by atoms with Crippen LogP contribution >= 0.6 is 0 Å². The molecule has 2 aromatic carbocycles. The summed E-state index contributed by atoms with van der Waals surface area (Å²) in [4.78, 5) is 25.3. The third kappa shape index (κ3) is 1.88. The highest BCUT2D eigenvalue weighted by Gasteiger charge is 2.34. The van der Waals surface area contributed by atoms with E-state index in [1.54, 1.807) is 13.0 Å². The predicted octanol–water partition coefficient (Wildman–Crippen LogP) is 2.51. The number of aliphatic hydroxyl groups is 1. The van der Waals surface area contributed by atoms with Crippen molar-refractivity contribution in [2.75, 3.05) is 0 Å². The Morgan fingerprint density at radius 3 is 2.50 bits per heavy atom. The van der Waals surface area contributed by atoms with Gasteiger partial charge < -0.3 is 10.8 Å². The number of hydrogen-bond acceptors (Lipinski definition) is 4. The maximum atomic E-state index is 12.7. The lowest BCUT2D eigenvalue weighted by molar-refractivity contribution is 0.0935. The molecule has 4 heteroatoms. The van der Waals surface area contributed by atoms with E-state index in [9.17, 15) is 14.7 Å². The predicted molar refractivity (Wildman–Crippen MR) is 84.9 cm³/mol. The van der Waals surface area contributed by atoms with Crippen LogP contribution in [0.4, 0.5) is 0 Å². The molecular formula is C18H17NO3. The van der Waals surface area contributed by atoms with Gasteiger partial charge in [0.2, 0.25) is 5.78 Å². The number of hydrogen-bond donors (Lipinski definition) is 2.